The molecule has 1 aromatic carbocycles. The van der Waals surface area contributed by atoms with Crippen molar-refractivity contribution in [3.63, 3.8) is 0 Å². The van der Waals surface area contributed by atoms with E-state index in [-0.39, 0.29) is 17.1 Å². The lowest BCUT2D eigenvalue weighted by Crippen LogP contribution is -1.87. The van der Waals surface area contributed by atoms with Gasteiger partial charge in [-0.15, -0.1) is 0 Å². The molecule has 0 unspecified atom stereocenters. The van der Waals surface area contributed by atoms with Gasteiger partial charge in [0.25, 0.3) is 0 Å². The topological polar surface area (TPSA) is 46.5 Å². The maximum atomic E-state index is 10.3. The van der Waals surface area contributed by atoms with Gasteiger partial charge in [-0.2, -0.15) is 0 Å². The van der Waals surface area contributed by atoms with E-state index in [9.17, 15) is 4.79 Å². The lowest BCUT2D eigenvalue weighted by molar-refractivity contribution is 0.111. The fourth-order valence-corrected chi connectivity index (χ4v) is 0.777. The predicted octanol–water partition coefficient (Wildman–Crippen LogP) is 1.38. The second kappa shape index (κ2) is 3.05. The van der Waals surface area contributed by atoms with Gasteiger partial charge in [0.05, 0.1) is 5.56 Å². The Balaban J connectivity index is 3.24. The minimum Gasteiger partial charge on any atom is -0.507 e. The Labute approximate surface area is 64.2 Å². The van der Waals surface area contributed by atoms with Crippen LogP contribution in [0.5, 0.6) is 11.5 Å². The Hall–Kier alpha value is -1.51. The number of carbonyl (C=O) groups excluding carboxylic acids is 1. The molecule has 1 radical (unpaired) electrons. The van der Waals surface area contributed by atoms with E-state index < -0.39 is 0 Å². The van der Waals surface area contributed by atoms with Crippen molar-refractivity contribution in [2.45, 2.75) is 0 Å². The highest BCUT2D eigenvalue weighted by atomic mass is 16.5. The summed E-state index contributed by atoms with van der Waals surface area (Å²) in [7, 11) is 3.14. The van der Waals surface area contributed by atoms with Gasteiger partial charge in [-0.05, 0) is 12.1 Å². The summed E-state index contributed by atoms with van der Waals surface area (Å²) in [4.78, 5) is 10.3. The van der Waals surface area contributed by atoms with Crippen molar-refractivity contribution >= 4 is 6.29 Å². The van der Waals surface area contributed by atoms with Crippen LogP contribution in [0.15, 0.2) is 18.2 Å². The highest BCUT2D eigenvalue weighted by molar-refractivity contribution is 5.83. The smallest absolute Gasteiger partial charge is 0.157 e. The lowest BCUT2D eigenvalue weighted by atomic mass is 10.2. The monoisotopic (exact) mass is 151 g/mol. The maximum absolute atomic E-state index is 10.3. The Morgan fingerprint density at radius 2 is 2.27 bits per heavy atom. The van der Waals surface area contributed by atoms with Crippen LogP contribution in [-0.2, 0) is 0 Å². The van der Waals surface area contributed by atoms with E-state index in [1.807, 2.05) is 0 Å². The van der Waals surface area contributed by atoms with Crippen LogP contribution in [0.25, 0.3) is 0 Å². The average molecular weight is 151 g/mol. The molecule has 0 aliphatic carbocycles. The molecule has 0 bridgehead atoms. The number of aldehydes is 1. The van der Waals surface area contributed by atoms with E-state index in [4.69, 9.17) is 5.11 Å². The number of phenols is 1. The summed E-state index contributed by atoms with van der Waals surface area (Å²) in [5.74, 6) is 0.182. The quantitative estimate of drug-likeness (QED) is 0.649. The number of hydrogen-bond donors (Lipinski definition) is 1. The number of hydrogen-bond acceptors (Lipinski definition) is 3. The van der Waals surface area contributed by atoms with Gasteiger partial charge in [-0.25, -0.2) is 0 Å². The molecule has 1 rings (SSSR count). The van der Waals surface area contributed by atoms with E-state index in [2.05, 4.69) is 11.8 Å². The van der Waals surface area contributed by atoms with Crippen molar-refractivity contribution in [2.24, 2.45) is 0 Å². The van der Waals surface area contributed by atoms with E-state index in [0.717, 1.165) is 0 Å². The molecule has 1 N–H and O–H groups in total. The Morgan fingerprint density at radius 3 is 2.73 bits per heavy atom. The minimum absolute atomic E-state index is 0.0962. The molecule has 0 saturated heterocycles. The molecule has 0 aromatic heterocycles. The molecule has 0 atom stereocenters. The summed E-state index contributed by atoms with van der Waals surface area (Å²) in [6, 6.07) is 4.53. The minimum atomic E-state index is -0.0962. The molecule has 0 aliphatic heterocycles. The number of benzene rings is 1. The zero-order chi connectivity index (χ0) is 8.27. The summed E-state index contributed by atoms with van der Waals surface area (Å²) in [6.45, 7) is 0. The van der Waals surface area contributed by atoms with Gasteiger partial charge in [0.1, 0.15) is 18.6 Å². The number of carbonyl (C=O) groups is 1. The normalized spacial score (nSPS) is 9.18. The summed E-state index contributed by atoms with van der Waals surface area (Å²) in [5, 5.41) is 9.08. The predicted molar refractivity (Wildman–Crippen MR) is 39.5 cm³/mol. The second-order valence-electron chi connectivity index (χ2n) is 1.95. The Bertz CT molecular complexity index is 268. The van der Waals surface area contributed by atoms with Crippen LogP contribution in [0.2, 0.25) is 0 Å². The van der Waals surface area contributed by atoms with Crippen molar-refractivity contribution in [2.75, 3.05) is 0 Å². The van der Waals surface area contributed by atoms with Crippen molar-refractivity contribution in [3.8, 4) is 11.5 Å². The fraction of sp³-hybridized carbons (Fsp3) is 0. The number of phenolic OH excluding ortho intramolecular Hbond substituents is 1. The summed E-state index contributed by atoms with van der Waals surface area (Å²) in [6.07, 6.45) is 0.524. The molecule has 0 aliphatic rings. The maximum Gasteiger partial charge on any atom is 0.157 e. The van der Waals surface area contributed by atoms with E-state index in [1.165, 1.54) is 6.07 Å². The van der Waals surface area contributed by atoms with Crippen LogP contribution >= 0.6 is 0 Å². The molecule has 3 nitrogen and oxygen atoms in total. The van der Waals surface area contributed by atoms with E-state index in [0.29, 0.717) is 6.29 Å². The number of aromatic hydroxyl groups is 1. The zero-order valence-corrected chi connectivity index (χ0v) is 5.78. The first kappa shape index (κ1) is 7.60. The molecule has 0 heterocycles. The molecule has 1 aromatic rings. The molecule has 0 fully saturated rings. The SMILES string of the molecule is [CH2]Oc1cccc(O)c1C=O. The zero-order valence-electron chi connectivity index (χ0n) is 5.78. The van der Waals surface area contributed by atoms with Crippen LogP contribution in [0.1, 0.15) is 10.4 Å². The van der Waals surface area contributed by atoms with Crippen LogP contribution in [-0.4, -0.2) is 11.4 Å². The van der Waals surface area contributed by atoms with Gasteiger partial charge in [0, 0.05) is 0 Å². The standard InChI is InChI=1S/C8H7O3/c1-11-8-4-2-3-7(10)6(8)5-9/h2-5,10H,1H2. The summed E-state index contributed by atoms with van der Waals surface area (Å²) < 4.78 is 4.58. The molecule has 11 heavy (non-hydrogen) atoms. The third kappa shape index (κ3) is 1.32. The Morgan fingerprint density at radius 1 is 1.55 bits per heavy atom. The first-order chi connectivity index (χ1) is 5.29. The third-order valence-corrected chi connectivity index (χ3v) is 1.32. The molecule has 0 saturated carbocycles. The van der Waals surface area contributed by atoms with E-state index >= 15 is 0 Å². The largest absolute Gasteiger partial charge is 0.507 e. The van der Waals surface area contributed by atoms with Crippen molar-refractivity contribution in [1.29, 1.82) is 0 Å². The molecule has 3 heteroatoms. The van der Waals surface area contributed by atoms with Gasteiger partial charge in [0.15, 0.2) is 6.29 Å². The van der Waals surface area contributed by atoms with Gasteiger partial charge in [-0.3, -0.25) is 4.79 Å². The second-order valence-corrected chi connectivity index (χ2v) is 1.95. The third-order valence-electron chi connectivity index (χ3n) is 1.32. The van der Waals surface area contributed by atoms with Crippen molar-refractivity contribution in [1.82, 2.24) is 0 Å². The molecule has 0 spiro atoms. The van der Waals surface area contributed by atoms with Gasteiger partial charge in [0.2, 0.25) is 0 Å². The van der Waals surface area contributed by atoms with E-state index in [1.54, 1.807) is 12.1 Å². The molecule has 0 amide bonds. The molecular formula is C8H7O3. The highest BCUT2D eigenvalue weighted by Gasteiger charge is 2.05. The van der Waals surface area contributed by atoms with Gasteiger partial charge < -0.3 is 9.84 Å². The lowest BCUT2D eigenvalue weighted by Gasteiger charge is -2.02. The van der Waals surface area contributed by atoms with Gasteiger partial charge in [-0.1, -0.05) is 6.07 Å². The molecular weight excluding hydrogens is 144 g/mol. The number of rotatable bonds is 2. The van der Waals surface area contributed by atoms with Crippen LogP contribution in [0, 0.1) is 7.11 Å². The average Bonchev–Trinajstić information content (AvgIpc) is 2.04. The highest BCUT2D eigenvalue weighted by Crippen LogP contribution is 2.24. The number of ether oxygens (including phenoxy) is 1. The first-order valence-corrected chi connectivity index (χ1v) is 2.98. The molecule has 57 valence electrons. The fourth-order valence-electron chi connectivity index (χ4n) is 0.777. The van der Waals surface area contributed by atoms with Crippen molar-refractivity contribution in [3.05, 3.63) is 30.9 Å². The van der Waals surface area contributed by atoms with Crippen LogP contribution in [0.3, 0.4) is 0 Å². The Kier molecular flexibility index (Phi) is 2.11. The van der Waals surface area contributed by atoms with Crippen LogP contribution < -0.4 is 4.74 Å². The summed E-state index contributed by atoms with van der Waals surface area (Å²) in [5.41, 5.74) is 0.127. The van der Waals surface area contributed by atoms with Crippen LogP contribution in [0.4, 0.5) is 0 Å². The first-order valence-electron chi connectivity index (χ1n) is 2.98. The van der Waals surface area contributed by atoms with Crippen molar-refractivity contribution < 1.29 is 14.6 Å². The van der Waals surface area contributed by atoms with Gasteiger partial charge >= 0.3 is 0 Å². The summed E-state index contributed by atoms with van der Waals surface area (Å²) >= 11 is 0.